The van der Waals surface area contributed by atoms with Gasteiger partial charge < -0.3 is 25.4 Å². The van der Waals surface area contributed by atoms with E-state index < -0.39 is 0 Å². The number of aromatic nitrogens is 1. The summed E-state index contributed by atoms with van der Waals surface area (Å²) in [4.78, 5) is 22.3. The number of rotatable bonds is 6. The highest BCUT2D eigenvalue weighted by atomic mass is 16.6. The Hall–Kier alpha value is -2.51. The third-order valence-electron chi connectivity index (χ3n) is 5.22. The van der Waals surface area contributed by atoms with Gasteiger partial charge in [-0.05, 0) is 51.5 Å². The molecule has 0 bridgehead atoms. The first-order chi connectivity index (χ1) is 13.7. The second kappa shape index (κ2) is 10.1. The normalized spacial score (nSPS) is 18.9. The van der Waals surface area contributed by atoms with Crippen LogP contribution in [0.3, 0.4) is 0 Å². The molecule has 8 nitrogen and oxygen atoms in total. The van der Waals surface area contributed by atoms with Crippen LogP contribution >= 0.6 is 0 Å². The molecular formula is C20H31N5O3. The minimum absolute atomic E-state index is 0.206. The van der Waals surface area contributed by atoms with Crippen LogP contribution in [0.15, 0.2) is 23.3 Å². The van der Waals surface area contributed by atoms with Gasteiger partial charge in [-0.15, -0.1) is 0 Å². The van der Waals surface area contributed by atoms with E-state index >= 15 is 0 Å². The van der Waals surface area contributed by atoms with E-state index in [4.69, 9.17) is 15.2 Å². The second-order valence-electron chi connectivity index (χ2n) is 7.30. The molecule has 28 heavy (non-hydrogen) atoms. The highest BCUT2D eigenvalue weighted by Gasteiger charge is 2.24. The molecule has 0 radical (unpaired) electrons. The van der Waals surface area contributed by atoms with Crippen LogP contribution in [0.25, 0.3) is 0 Å². The Kier molecular flexibility index (Phi) is 7.33. The fourth-order valence-corrected chi connectivity index (χ4v) is 3.66. The van der Waals surface area contributed by atoms with E-state index in [1.54, 1.807) is 11.1 Å². The number of hydrogen-bond acceptors (Lipinski definition) is 5. The Balaban J connectivity index is 1.48. The molecule has 1 aromatic heterocycles. The van der Waals surface area contributed by atoms with Crippen LogP contribution in [-0.2, 0) is 11.3 Å². The Labute approximate surface area is 166 Å². The van der Waals surface area contributed by atoms with E-state index in [2.05, 4.69) is 15.3 Å². The Bertz CT molecular complexity index is 668. The molecule has 1 saturated carbocycles. The molecule has 2 heterocycles. The van der Waals surface area contributed by atoms with Crippen LogP contribution in [-0.4, -0.2) is 53.8 Å². The Morgan fingerprint density at radius 1 is 1.32 bits per heavy atom. The smallest absolute Gasteiger partial charge is 0.409 e. The van der Waals surface area contributed by atoms with Crippen molar-refractivity contribution in [3.63, 3.8) is 0 Å². The van der Waals surface area contributed by atoms with E-state index in [0.717, 1.165) is 31.2 Å². The lowest BCUT2D eigenvalue weighted by Gasteiger charge is -2.31. The van der Waals surface area contributed by atoms with Gasteiger partial charge in [-0.1, -0.05) is 6.07 Å². The number of carbonyl (C=O) groups excluding carboxylic acids is 1. The molecule has 1 aliphatic heterocycles. The molecule has 154 valence electrons. The lowest BCUT2D eigenvalue weighted by Crippen LogP contribution is -2.48. The van der Waals surface area contributed by atoms with Gasteiger partial charge in [-0.2, -0.15) is 0 Å². The van der Waals surface area contributed by atoms with Gasteiger partial charge in [0.25, 0.3) is 0 Å². The van der Waals surface area contributed by atoms with Gasteiger partial charge in [0.2, 0.25) is 5.88 Å². The first-order valence-electron chi connectivity index (χ1n) is 10.2. The minimum atomic E-state index is -0.242. The van der Waals surface area contributed by atoms with Crippen LogP contribution in [0.2, 0.25) is 0 Å². The predicted octanol–water partition coefficient (Wildman–Crippen LogP) is 2.43. The summed E-state index contributed by atoms with van der Waals surface area (Å²) >= 11 is 0. The first-order valence-corrected chi connectivity index (χ1v) is 10.2. The Morgan fingerprint density at radius 3 is 2.79 bits per heavy atom. The van der Waals surface area contributed by atoms with E-state index in [-0.39, 0.29) is 18.2 Å². The highest BCUT2D eigenvalue weighted by Crippen LogP contribution is 2.25. The minimum Gasteiger partial charge on any atom is -0.474 e. The zero-order valence-electron chi connectivity index (χ0n) is 16.6. The maximum absolute atomic E-state index is 11.8. The standard InChI is InChI=1S/C20H31N5O3/c1-2-27-20(26)25-12-9-16(10-13-25)24-19(21)23-14-15-6-5-11-22-18(15)28-17-7-3-4-8-17/h5-6,11,16-17H,2-4,7-10,12-14H2,1H3,(H3,21,23,24). The number of guanidine groups is 1. The number of nitrogens with two attached hydrogens (primary N) is 1. The molecule has 1 amide bonds. The van der Waals surface area contributed by atoms with Crippen molar-refractivity contribution in [1.29, 1.82) is 0 Å². The van der Waals surface area contributed by atoms with Gasteiger partial charge in [-0.25, -0.2) is 14.8 Å². The lowest BCUT2D eigenvalue weighted by molar-refractivity contribution is 0.0963. The first kappa shape index (κ1) is 20.2. The van der Waals surface area contributed by atoms with E-state index in [9.17, 15) is 4.79 Å². The van der Waals surface area contributed by atoms with Gasteiger partial charge >= 0.3 is 6.09 Å². The van der Waals surface area contributed by atoms with Gasteiger partial charge in [0.15, 0.2) is 5.96 Å². The predicted molar refractivity (Wildman–Crippen MR) is 107 cm³/mol. The summed E-state index contributed by atoms with van der Waals surface area (Å²) in [5.74, 6) is 1.07. The molecule has 0 unspecified atom stereocenters. The fourth-order valence-electron chi connectivity index (χ4n) is 3.66. The van der Waals surface area contributed by atoms with Crippen molar-refractivity contribution in [3.05, 3.63) is 23.9 Å². The van der Waals surface area contributed by atoms with Gasteiger partial charge in [0.1, 0.15) is 6.10 Å². The lowest BCUT2D eigenvalue weighted by atomic mass is 10.1. The number of pyridine rings is 1. The molecule has 3 rings (SSSR count). The maximum Gasteiger partial charge on any atom is 0.409 e. The number of hydrogen-bond donors (Lipinski definition) is 2. The van der Waals surface area contributed by atoms with Gasteiger partial charge in [-0.3, -0.25) is 0 Å². The second-order valence-corrected chi connectivity index (χ2v) is 7.30. The van der Waals surface area contributed by atoms with Crippen molar-refractivity contribution in [2.75, 3.05) is 19.7 Å². The summed E-state index contributed by atoms with van der Waals surface area (Å²) in [5, 5.41) is 3.26. The van der Waals surface area contributed by atoms with Crippen molar-refractivity contribution in [1.82, 2.24) is 15.2 Å². The van der Waals surface area contributed by atoms with Crippen molar-refractivity contribution in [2.24, 2.45) is 10.7 Å². The summed E-state index contributed by atoms with van der Waals surface area (Å²) in [6.45, 7) is 3.96. The molecule has 2 aliphatic rings. The summed E-state index contributed by atoms with van der Waals surface area (Å²) in [6.07, 6.45) is 8.02. The summed E-state index contributed by atoms with van der Waals surface area (Å²) < 4.78 is 11.1. The molecule has 1 aliphatic carbocycles. The third-order valence-corrected chi connectivity index (χ3v) is 5.22. The number of piperidine rings is 1. The number of ether oxygens (including phenoxy) is 2. The maximum atomic E-state index is 11.8. The van der Waals surface area contributed by atoms with Crippen LogP contribution in [0.4, 0.5) is 4.79 Å². The molecule has 0 atom stereocenters. The summed E-state index contributed by atoms with van der Waals surface area (Å²) in [7, 11) is 0. The molecule has 0 aromatic carbocycles. The molecule has 0 spiro atoms. The molecule has 2 fully saturated rings. The molecule has 8 heteroatoms. The number of amides is 1. The molecular weight excluding hydrogens is 358 g/mol. The monoisotopic (exact) mass is 389 g/mol. The van der Waals surface area contributed by atoms with Crippen LogP contribution in [0.1, 0.15) is 51.0 Å². The number of aliphatic imine (C=N–C) groups is 1. The van der Waals surface area contributed by atoms with Gasteiger partial charge in [0.05, 0.1) is 13.2 Å². The number of carbonyl (C=O) groups is 1. The quantitative estimate of drug-likeness (QED) is 0.572. The fraction of sp³-hybridized carbons (Fsp3) is 0.650. The van der Waals surface area contributed by atoms with Crippen LogP contribution < -0.4 is 15.8 Å². The van der Waals surface area contributed by atoms with E-state index in [0.29, 0.717) is 38.1 Å². The van der Waals surface area contributed by atoms with Crippen molar-refractivity contribution in [3.8, 4) is 5.88 Å². The average molecular weight is 390 g/mol. The van der Waals surface area contributed by atoms with Crippen LogP contribution in [0, 0.1) is 0 Å². The molecule has 1 saturated heterocycles. The van der Waals surface area contributed by atoms with Gasteiger partial charge in [0, 0.05) is 30.9 Å². The SMILES string of the molecule is CCOC(=O)N1CCC(NC(N)=NCc2cccnc2OC2CCCC2)CC1. The van der Waals surface area contributed by atoms with E-state index in [1.165, 1.54) is 12.8 Å². The summed E-state index contributed by atoms with van der Waals surface area (Å²) in [6, 6.07) is 4.07. The van der Waals surface area contributed by atoms with Crippen molar-refractivity contribution >= 4 is 12.1 Å². The number of nitrogens with one attached hydrogen (secondary N) is 1. The number of likely N-dealkylation sites (tertiary alicyclic amines) is 1. The average Bonchev–Trinajstić information content (AvgIpc) is 3.21. The largest absolute Gasteiger partial charge is 0.474 e. The topological polar surface area (TPSA) is 102 Å². The van der Waals surface area contributed by atoms with E-state index in [1.807, 2.05) is 19.1 Å². The van der Waals surface area contributed by atoms with Crippen LogP contribution in [0.5, 0.6) is 5.88 Å². The summed E-state index contributed by atoms with van der Waals surface area (Å²) in [5.41, 5.74) is 7.02. The molecule has 1 aromatic rings. The van der Waals surface area contributed by atoms with Crippen molar-refractivity contribution in [2.45, 2.75) is 64.1 Å². The highest BCUT2D eigenvalue weighted by molar-refractivity contribution is 5.78. The Morgan fingerprint density at radius 2 is 2.07 bits per heavy atom. The van der Waals surface area contributed by atoms with Crippen molar-refractivity contribution < 1.29 is 14.3 Å². The zero-order chi connectivity index (χ0) is 19.8. The zero-order valence-corrected chi connectivity index (χ0v) is 16.6. The molecule has 3 N–H and O–H groups in total. The third kappa shape index (κ3) is 5.74. The number of nitrogens with zero attached hydrogens (tertiary/aromatic N) is 3.